The number of imidazole rings is 1. The van der Waals surface area contributed by atoms with Gasteiger partial charge in [-0.3, -0.25) is 32.5 Å². The van der Waals surface area contributed by atoms with Crippen LogP contribution in [0.3, 0.4) is 0 Å². The van der Waals surface area contributed by atoms with Gasteiger partial charge in [0.2, 0.25) is 11.8 Å². The number of aromatic nitrogens is 4. The van der Waals surface area contributed by atoms with E-state index in [-0.39, 0.29) is 53.8 Å². The van der Waals surface area contributed by atoms with Crippen molar-refractivity contribution in [3.05, 3.63) is 12.7 Å². The summed E-state index contributed by atoms with van der Waals surface area (Å²) in [5.41, 5.74) is 2.29. The Labute approximate surface area is 360 Å². The van der Waals surface area contributed by atoms with Gasteiger partial charge in [-0.15, -0.1) is 0 Å². The number of aliphatic hydroxyl groups is 3. The lowest BCUT2D eigenvalue weighted by Crippen LogP contribution is -2.46. The van der Waals surface area contributed by atoms with E-state index in [1.54, 1.807) is 0 Å². The number of rotatable bonds is 24. The van der Waals surface area contributed by atoms with E-state index in [1.807, 2.05) is 0 Å². The summed E-state index contributed by atoms with van der Waals surface area (Å²) in [5, 5.41) is 36.8. The van der Waals surface area contributed by atoms with Crippen LogP contribution in [-0.4, -0.2) is 134 Å². The first kappa shape index (κ1) is 52.1. The third-order valence-corrected chi connectivity index (χ3v) is 14.3. The van der Waals surface area contributed by atoms with Crippen LogP contribution < -0.4 is 16.4 Å². The van der Waals surface area contributed by atoms with Gasteiger partial charge in [0.15, 0.2) is 22.3 Å². The molecule has 2 aliphatic rings. The number of phosphoric acid groups is 3. The molecular formula is C33H56N7O18P3S. The highest BCUT2D eigenvalue weighted by molar-refractivity contribution is 8.13. The maximum absolute atomic E-state index is 12.8. The maximum atomic E-state index is 12.8. The lowest BCUT2D eigenvalue weighted by Gasteiger charge is -2.30. The van der Waals surface area contributed by atoms with Gasteiger partial charge in [-0.2, -0.15) is 4.31 Å². The fourth-order valence-corrected chi connectivity index (χ4v) is 10.4. The zero-order valence-corrected chi connectivity index (χ0v) is 37.8. The van der Waals surface area contributed by atoms with E-state index in [0.717, 1.165) is 35.4 Å². The van der Waals surface area contributed by atoms with Crippen molar-refractivity contribution in [1.82, 2.24) is 30.2 Å². The van der Waals surface area contributed by atoms with E-state index in [1.165, 1.54) is 52.9 Å². The molecule has 352 valence electrons. The van der Waals surface area contributed by atoms with E-state index < -0.39 is 90.2 Å². The van der Waals surface area contributed by atoms with Crippen LogP contribution in [0.5, 0.6) is 0 Å². The molecule has 2 aromatic rings. The molecule has 1 aliphatic heterocycles. The Hall–Kier alpha value is -2.48. The van der Waals surface area contributed by atoms with Crippen molar-refractivity contribution in [2.75, 3.05) is 37.8 Å². The fourth-order valence-electron chi connectivity index (χ4n) is 6.87. The third-order valence-electron chi connectivity index (χ3n) is 10.3. The number of thioether (sulfide) groups is 1. The van der Waals surface area contributed by atoms with Crippen LogP contribution in [-0.2, 0) is 56.4 Å². The van der Waals surface area contributed by atoms with Crippen molar-refractivity contribution in [3.63, 3.8) is 0 Å². The van der Waals surface area contributed by atoms with Crippen LogP contribution in [0.25, 0.3) is 11.2 Å². The minimum absolute atomic E-state index is 0.0165. The van der Waals surface area contributed by atoms with Crippen molar-refractivity contribution in [1.29, 1.82) is 0 Å². The van der Waals surface area contributed by atoms with Gasteiger partial charge in [0, 0.05) is 37.1 Å². The molecule has 4 rings (SSSR count). The lowest BCUT2D eigenvalue weighted by molar-refractivity contribution is -0.137. The smallest absolute Gasteiger partial charge is 0.393 e. The molecule has 8 atom stereocenters. The number of nitrogens with one attached hydrogen (secondary N) is 2. The highest BCUT2D eigenvalue weighted by atomic mass is 32.2. The first-order valence-electron chi connectivity index (χ1n) is 19.6. The number of hydrogen-bond acceptors (Lipinski definition) is 19. The molecule has 29 heteroatoms. The lowest BCUT2D eigenvalue weighted by atomic mass is 9.85. The number of amides is 2. The van der Waals surface area contributed by atoms with Gasteiger partial charge < -0.3 is 56.0 Å². The second kappa shape index (κ2) is 22.1. The van der Waals surface area contributed by atoms with Crippen LogP contribution in [0.4, 0.5) is 5.82 Å². The number of nitrogen functional groups attached to an aromatic ring is 1. The van der Waals surface area contributed by atoms with E-state index in [4.69, 9.17) is 24.0 Å². The van der Waals surface area contributed by atoms with Crippen LogP contribution in [0, 0.1) is 11.3 Å². The Bertz CT molecular complexity index is 2000. The second-order valence-electron chi connectivity index (χ2n) is 15.8. The molecule has 1 saturated heterocycles. The topological polar surface area (TPSA) is 384 Å². The Morgan fingerprint density at radius 1 is 1.03 bits per heavy atom. The normalized spacial score (nSPS) is 24.3. The molecule has 8 unspecified atom stereocenters. The van der Waals surface area contributed by atoms with Gasteiger partial charge in [0.05, 0.1) is 25.6 Å². The molecule has 0 radical (unpaired) electrons. The van der Waals surface area contributed by atoms with Crippen molar-refractivity contribution in [2.45, 2.75) is 115 Å². The molecule has 11 N–H and O–H groups in total. The molecule has 1 aliphatic carbocycles. The first-order chi connectivity index (χ1) is 28.8. The zero-order valence-electron chi connectivity index (χ0n) is 34.3. The number of anilines is 1. The number of hydrogen-bond donors (Lipinski definition) is 10. The first-order valence-corrected chi connectivity index (χ1v) is 25.1. The quantitative estimate of drug-likeness (QED) is 0.0517. The molecule has 2 amide bonds. The van der Waals surface area contributed by atoms with Gasteiger partial charge in [-0.05, 0) is 25.7 Å². The van der Waals surface area contributed by atoms with Gasteiger partial charge in [0.25, 0.3) is 0 Å². The largest absolute Gasteiger partial charge is 0.481 e. The Kier molecular flexibility index (Phi) is 18.6. The molecule has 0 spiro atoms. The molecule has 0 aromatic carbocycles. The summed E-state index contributed by atoms with van der Waals surface area (Å²) in [7, 11) is -16.5. The summed E-state index contributed by atoms with van der Waals surface area (Å²) in [6.07, 6.45) is 1.26. The highest BCUT2D eigenvalue weighted by Gasteiger charge is 2.57. The van der Waals surface area contributed by atoms with Crippen LogP contribution in [0.1, 0.15) is 78.6 Å². The van der Waals surface area contributed by atoms with Gasteiger partial charge >= 0.3 is 23.5 Å². The molecule has 2 aromatic heterocycles. The molecule has 62 heavy (non-hydrogen) atoms. The van der Waals surface area contributed by atoms with Crippen molar-refractivity contribution in [3.8, 4) is 0 Å². The number of fused-ring (bicyclic) bond motifs is 1. The maximum Gasteiger partial charge on any atom is 0.481 e. The fraction of sp³-hybridized carbons (Fsp3) is 0.758. The van der Waals surface area contributed by atoms with E-state index in [0.29, 0.717) is 12.3 Å². The van der Waals surface area contributed by atoms with E-state index >= 15 is 0 Å². The van der Waals surface area contributed by atoms with E-state index in [2.05, 4.69) is 29.9 Å². The van der Waals surface area contributed by atoms with Crippen LogP contribution in [0.2, 0.25) is 0 Å². The molecule has 1 saturated carbocycles. The van der Waals surface area contributed by atoms with Crippen LogP contribution >= 0.6 is 35.2 Å². The molecule has 3 heterocycles. The standard InChI is InChI=1S/C33H56N7O18P3S/c1-32(2,28(45)31(46)36-12-11-23(42)35-13-14-62-24(43)15-21(41)10-9-20-7-5-4-6-8-20)17-55-61(52,53)58-60(50,51)54-16-22-26(57-59(47,48)49)27(44)33(3,56-22)40-19-39-25-29(34)37-18-38-30(25)40/h18-22,26-28,41,44-45H,4-17H2,1-3H3,(H,35,42)(H,36,46)(H,50,51)(H,52,53)(H2,34,37,38)(H2,47,48,49). The van der Waals surface area contributed by atoms with Gasteiger partial charge in [-0.1, -0.05) is 57.7 Å². The average molecular weight is 964 g/mol. The van der Waals surface area contributed by atoms with E-state index in [9.17, 15) is 63.0 Å². The zero-order chi connectivity index (χ0) is 46.1. The Morgan fingerprint density at radius 3 is 2.39 bits per heavy atom. The summed E-state index contributed by atoms with van der Waals surface area (Å²) < 4.78 is 62.8. The summed E-state index contributed by atoms with van der Waals surface area (Å²) >= 11 is 1.000. The minimum atomic E-state index is -5.60. The number of carbonyl (C=O) groups excluding carboxylic acids is 3. The molecule has 2 fully saturated rings. The van der Waals surface area contributed by atoms with Crippen molar-refractivity contribution in [2.24, 2.45) is 11.3 Å². The summed E-state index contributed by atoms with van der Waals surface area (Å²) in [5.74, 6) is -0.614. The molecule has 25 nitrogen and oxygen atoms in total. The number of carbonyl (C=O) groups is 3. The Balaban J connectivity index is 1.19. The van der Waals surface area contributed by atoms with Gasteiger partial charge in [-0.25, -0.2) is 28.6 Å². The predicted octanol–water partition coefficient (Wildman–Crippen LogP) is 0.950. The van der Waals surface area contributed by atoms with Gasteiger partial charge in [0.1, 0.15) is 36.3 Å². The predicted molar refractivity (Wildman–Crippen MR) is 218 cm³/mol. The SMILES string of the molecule is CC(C)(COP(=O)(O)OP(=O)(O)OCC1OC(C)(n2cnc3c(N)ncnc32)C(O)C1OP(=O)(O)O)C(O)C(=O)NCCC(=O)NCCSC(=O)CC(O)CCC1CCCCC1. The second-order valence-corrected chi connectivity index (χ2v) is 21.2. The summed E-state index contributed by atoms with van der Waals surface area (Å²) in [4.78, 5) is 88.5. The number of nitrogens with zero attached hydrogens (tertiary/aromatic N) is 4. The number of phosphoric ester groups is 3. The minimum Gasteiger partial charge on any atom is -0.393 e. The molecular weight excluding hydrogens is 907 g/mol. The summed E-state index contributed by atoms with van der Waals surface area (Å²) in [6, 6.07) is 0. The number of aliphatic hydroxyl groups excluding tert-OH is 3. The van der Waals surface area contributed by atoms with Crippen molar-refractivity contribution < 1.29 is 85.6 Å². The Morgan fingerprint density at radius 2 is 1.71 bits per heavy atom. The van der Waals surface area contributed by atoms with Crippen molar-refractivity contribution >= 4 is 69.1 Å². The average Bonchev–Trinajstić information content (AvgIpc) is 3.73. The number of nitrogens with two attached hydrogens (primary N) is 1. The van der Waals surface area contributed by atoms with Crippen LogP contribution in [0.15, 0.2) is 12.7 Å². The number of ether oxygens (including phenoxy) is 1. The molecule has 0 bridgehead atoms. The monoisotopic (exact) mass is 963 g/mol. The summed E-state index contributed by atoms with van der Waals surface area (Å²) in [6.45, 7) is 1.63. The third kappa shape index (κ3) is 15.3. The highest BCUT2D eigenvalue weighted by Crippen LogP contribution is 2.61.